The lowest BCUT2D eigenvalue weighted by Crippen LogP contribution is -2.24. The van der Waals surface area contributed by atoms with Gasteiger partial charge >= 0.3 is 6.09 Å². The lowest BCUT2D eigenvalue weighted by atomic mass is 10.2. The van der Waals surface area contributed by atoms with Gasteiger partial charge in [-0.05, 0) is 33.3 Å². The molecular formula is C9H17NO2. The molecule has 0 radical (unpaired) electrons. The number of allylic oxidation sites excluding steroid dienone is 1. The van der Waals surface area contributed by atoms with Crippen molar-refractivity contribution in [3.05, 3.63) is 11.1 Å². The van der Waals surface area contributed by atoms with Crippen LogP contribution in [-0.4, -0.2) is 19.2 Å². The number of hydrogen-bond donors (Lipinski definition) is 1. The average molecular weight is 171 g/mol. The zero-order valence-electron chi connectivity index (χ0n) is 8.23. The fraction of sp³-hybridized carbons (Fsp3) is 0.667. The van der Waals surface area contributed by atoms with E-state index in [4.69, 9.17) is 4.74 Å². The number of amides is 1. The smallest absolute Gasteiger partial charge is 0.407 e. The van der Waals surface area contributed by atoms with Crippen LogP contribution in [0.25, 0.3) is 0 Å². The van der Waals surface area contributed by atoms with Gasteiger partial charge in [0.25, 0.3) is 0 Å². The van der Waals surface area contributed by atoms with Crippen LogP contribution in [0.1, 0.15) is 27.7 Å². The maximum absolute atomic E-state index is 10.8. The largest absolute Gasteiger partial charge is 0.445 e. The van der Waals surface area contributed by atoms with Gasteiger partial charge in [0.1, 0.15) is 6.61 Å². The molecule has 3 heteroatoms. The predicted molar refractivity (Wildman–Crippen MR) is 49.1 cm³/mol. The third kappa shape index (κ3) is 4.77. The van der Waals surface area contributed by atoms with Crippen LogP contribution in [0.4, 0.5) is 4.79 Å². The van der Waals surface area contributed by atoms with Crippen LogP contribution in [-0.2, 0) is 4.74 Å². The van der Waals surface area contributed by atoms with E-state index in [9.17, 15) is 4.79 Å². The molecule has 0 aromatic carbocycles. The Hall–Kier alpha value is -0.990. The second-order valence-corrected chi connectivity index (χ2v) is 2.89. The molecule has 0 spiro atoms. The summed E-state index contributed by atoms with van der Waals surface area (Å²) in [6.07, 6.45) is -0.349. The number of carbonyl (C=O) groups excluding carboxylic acids is 1. The van der Waals surface area contributed by atoms with Gasteiger partial charge in [0.15, 0.2) is 0 Å². The van der Waals surface area contributed by atoms with Crippen molar-refractivity contribution >= 4 is 6.09 Å². The average Bonchev–Trinajstić information content (AvgIpc) is 2.00. The zero-order valence-corrected chi connectivity index (χ0v) is 8.23. The number of carbonyl (C=O) groups is 1. The summed E-state index contributed by atoms with van der Waals surface area (Å²) in [4.78, 5) is 10.8. The molecule has 0 aliphatic rings. The summed E-state index contributed by atoms with van der Waals surface area (Å²) < 4.78 is 4.90. The lowest BCUT2D eigenvalue weighted by molar-refractivity contribution is 0.156. The Morgan fingerprint density at radius 2 is 1.92 bits per heavy atom. The Bertz CT molecular complexity index is 181. The van der Waals surface area contributed by atoms with Gasteiger partial charge in [-0.25, -0.2) is 4.79 Å². The highest BCUT2D eigenvalue weighted by Crippen LogP contribution is 2.01. The Morgan fingerprint density at radius 1 is 1.33 bits per heavy atom. The maximum Gasteiger partial charge on any atom is 0.407 e. The molecule has 0 heterocycles. The minimum Gasteiger partial charge on any atom is -0.445 e. The normalized spacial score (nSPS) is 9.00. The molecule has 0 atom stereocenters. The van der Waals surface area contributed by atoms with Gasteiger partial charge in [0, 0.05) is 6.54 Å². The van der Waals surface area contributed by atoms with E-state index in [1.54, 1.807) is 0 Å². The Morgan fingerprint density at radius 3 is 2.33 bits per heavy atom. The van der Waals surface area contributed by atoms with Crippen molar-refractivity contribution in [3.8, 4) is 0 Å². The highest BCUT2D eigenvalue weighted by Gasteiger charge is 1.99. The fourth-order valence-electron chi connectivity index (χ4n) is 0.514. The van der Waals surface area contributed by atoms with Crippen LogP contribution < -0.4 is 5.32 Å². The van der Waals surface area contributed by atoms with Gasteiger partial charge < -0.3 is 10.1 Å². The van der Waals surface area contributed by atoms with Gasteiger partial charge in [-0.2, -0.15) is 0 Å². The van der Waals surface area contributed by atoms with E-state index in [-0.39, 0.29) is 6.09 Å². The molecule has 1 N–H and O–H groups in total. The number of ether oxygens (including phenoxy) is 1. The van der Waals surface area contributed by atoms with Crippen LogP contribution in [0.3, 0.4) is 0 Å². The van der Waals surface area contributed by atoms with E-state index in [0.717, 1.165) is 5.57 Å². The summed E-state index contributed by atoms with van der Waals surface area (Å²) in [5, 5.41) is 2.56. The highest BCUT2D eigenvalue weighted by molar-refractivity contribution is 5.67. The Balaban J connectivity index is 3.69. The van der Waals surface area contributed by atoms with Gasteiger partial charge in [0.2, 0.25) is 0 Å². The third-order valence-corrected chi connectivity index (χ3v) is 1.59. The molecule has 0 aromatic rings. The molecule has 0 saturated carbocycles. The topological polar surface area (TPSA) is 38.3 Å². The first kappa shape index (κ1) is 11.0. The van der Waals surface area contributed by atoms with Crippen LogP contribution in [0, 0.1) is 0 Å². The SMILES string of the molecule is CCNC(=O)OCC(C)=C(C)C. The second-order valence-electron chi connectivity index (χ2n) is 2.89. The van der Waals surface area contributed by atoms with E-state index in [1.165, 1.54) is 5.57 Å². The monoisotopic (exact) mass is 171 g/mol. The summed E-state index contributed by atoms with van der Waals surface area (Å²) in [6, 6.07) is 0. The van der Waals surface area contributed by atoms with Gasteiger partial charge in [0.05, 0.1) is 0 Å². The Labute approximate surface area is 73.8 Å². The lowest BCUT2D eigenvalue weighted by Gasteiger charge is -2.06. The van der Waals surface area contributed by atoms with E-state index in [0.29, 0.717) is 13.2 Å². The maximum atomic E-state index is 10.8. The number of rotatable bonds is 3. The highest BCUT2D eigenvalue weighted by atomic mass is 16.5. The van der Waals surface area contributed by atoms with Crippen LogP contribution in [0.15, 0.2) is 11.1 Å². The molecule has 1 amide bonds. The summed E-state index contributed by atoms with van der Waals surface area (Å²) in [7, 11) is 0. The van der Waals surface area contributed by atoms with Crippen LogP contribution in [0.5, 0.6) is 0 Å². The second kappa shape index (κ2) is 5.63. The van der Waals surface area contributed by atoms with Crippen molar-refractivity contribution in [2.45, 2.75) is 27.7 Å². The first-order valence-corrected chi connectivity index (χ1v) is 4.11. The van der Waals surface area contributed by atoms with E-state index in [1.807, 2.05) is 27.7 Å². The predicted octanol–water partition coefficient (Wildman–Crippen LogP) is 2.09. The first-order valence-electron chi connectivity index (χ1n) is 4.11. The van der Waals surface area contributed by atoms with E-state index < -0.39 is 0 Å². The van der Waals surface area contributed by atoms with Gasteiger partial charge in [-0.1, -0.05) is 5.57 Å². The minimum absolute atomic E-state index is 0.349. The van der Waals surface area contributed by atoms with Crippen molar-refractivity contribution < 1.29 is 9.53 Å². The molecule has 3 nitrogen and oxygen atoms in total. The van der Waals surface area contributed by atoms with Crippen molar-refractivity contribution in [2.75, 3.05) is 13.2 Å². The summed E-state index contributed by atoms with van der Waals surface area (Å²) in [5.74, 6) is 0. The summed E-state index contributed by atoms with van der Waals surface area (Å²) in [5.41, 5.74) is 2.29. The van der Waals surface area contributed by atoms with E-state index in [2.05, 4.69) is 5.32 Å². The third-order valence-electron chi connectivity index (χ3n) is 1.59. The molecule has 0 aliphatic heterocycles. The quantitative estimate of drug-likeness (QED) is 0.660. The molecule has 0 aliphatic carbocycles. The molecule has 0 rings (SSSR count). The molecule has 12 heavy (non-hydrogen) atoms. The van der Waals surface area contributed by atoms with Gasteiger partial charge in [-0.15, -0.1) is 0 Å². The van der Waals surface area contributed by atoms with Crippen LogP contribution in [0.2, 0.25) is 0 Å². The fourth-order valence-corrected chi connectivity index (χ4v) is 0.514. The van der Waals surface area contributed by atoms with Crippen molar-refractivity contribution in [3.63, 3.8) is 0 Å². The molecule has 0 saturated heterocycles. The molecule has 0 unspecified atom stereocenters. The zero-order chi connectivity index (χ0) is 9.56. The summed E-state index contributed by atoms with van der Waals surface area (Å²) >= 11 is 0. The van der Waals surface area contributed by atoms with Crippen LogP contribution >= 0.6 is 0 Å². The molecule has 0 bridgehead atoms. The Kier molecular flexibility index (Phi) is 5.17. The number of nitrogens with one attached hydrogen (secondary N) is 1. The molecule has 0 aromatic heterocycles. The minimum atomic E-state index is -0.349. The van der Waals surface area contributed by atoms with E-state index >= 15 is 0 Å². The number of hydrogen-bond acceptors (Lipinski definition) is 2. The standard InChI is InChI=1S/C9H17NO2/c1-5-10-9(11)12-6-8(4)7(2)3/h5-6H2,1-4H3,(H,10,11). The molecule has 70 valence electrons. The van der Waals surface area contributed by atoms with Crippen molar-refractivity contribution in [1.29, 1.82) is 0 Å². The molecular weight excluding hydrogens is 154 g/mol. The first-order chi connectivity index (χ1) is 5.57. The number of alkyl carbamates (subject to hydrolysis) is 1. The van der Waals surface area contributed by atoms with Crippen molar-refractivity contribution in [1.82, 2.24) is 5.32 Å². The van der Waals surface area contributed by atoms with Gasteiger partial charge in [-0.3, -0.25) is 0 Å². The van der Waals surface area contributed by atoms with Crippen molar-refractivity contribution in [2.24, 2.45) is 0 Å². The summed E-state index contributed by atoms with van der Waals surface area (Å²) in [6.45, 7) is 8.79. The molecule has 0 fully saturated rings.